The van der Waals surface area contributed by atoms with Gasteiger partial charge in [0, 0.05) is 41.2 Å². The number of carbonyl (C=O) groups is 2. The monoisotopic (exact) mass is 518 g/mol. The van der Waals surface area contributed by atoms with Crippen molar-refractivity contribution in [3.63, 3.8) is 0 Å². The minimum absolute atomic E-state index is 0.160. The molecule has 8 nitrogen and oxygen atoms in total. The number of hydrogen-bond donors (Lipinski definition) is 4. The van der Waals surface area contributed by atoms with E-state index in [1.807, 2.05) is 13.8 Å². The highest BCUT2D eigenvalue weighted by Gasteiger charge is 2.15. The van der Waals surface area contributed by atoms with Crippen molar-refractivity contribution < 1.29 is 9.59 Å². The highest BCUT2D eigenvalue weighted by atomic mass is 35.5. The van der Waals surface area contributed by atoms with E-state index in [1.54, 1.807) is 54.6 Å². The van der Waals surface area contributed by atoms with E-state index in [0.29, 0.717) is 41.7 Å². The van der Waals surface area contributed by atoms with E-state index in [0.717, 1.165) is 24.0 Å². The number of carbonyl (C=O) groups excluding carboxylic acids is 2. The Morgan fingerprint density at radius 1 is 0.703 bits per heavy atom. The second-order valence-electron chi connectivity index (χ2n) is 8.29. The number of anilines is 2. The first-order valence-electron chi connectivity index (χ1n) is 12.0. The summed E-state index contributed by atoms with van der Waals surface area (Å²) in [6.07, 6.45) is 1.82. The van der Waals surface area contributed by atoms with Crippen LogP contribution in [-0.2, 0) is 0 Å². The third-order valence-electron chi connectivity index (χ3n) is 5.36. The normalized spacial score (nSPS) is 11.8. The molecule has 3 aromatic rings. The molecule has 3 rings (SSSR count). The fraction of sp³-hybridized carbons (Fsp3) is 0.214. The first-order valence-corrected chi connectivity index (χ1v) is 12.4. The fourth-order valence-corrected chi connectivity index (χ4v) is 3.60. The minimum Gasteiger partial charge on any atom is -0.384 e. The van der Waals surface area contributed by atoms with E-state index in [1.165, 1.54) is 12.1 Å². The molecule has 0 saturated carbocycles. The van der Waals surface area contributed by atoms with Crippen molar-refractivity contribution >= 4 is 46.5 Å². The van der Waals surface area contributed by atoms with Gasteiger partial charge in [-0.15, -0.1) is 0 Å². The second-order valence-corrected chi connectivity index (χ2v) is 8.70. The zero-order valence-electron chi connectivity index (χ0n) is 20.9. The third kappa shape index (κ3) is 7.65. The molecule has 0 aromatic heterocycles. The standard InChI is InChI=1S/C28H31ClN6O2/c1-3-15-32-25(30)18-5-10-21(11-6-18)34-27(36)20-9-14-23(24(29)17-20)28(37)35-22-12-7-19(8-13-22)26(31)33-16-4-2/h5-14,17H,3-4,15-16H2,1-2H3,(H2,30,32)(H2,31,33)(H,34,36)(H,35,37). The van der Waals surface area contributed by atoms with Crippen LogP contribution in [0.1, 0.15) is 58.5 Å². The zero-order chi connectivity index (χ0) is 26.8. The van der Waals surface area contributed by atoms with Gasteiger partial charge in [-0.2, -0.15) is 0 Å². The number of amides is 2. The Labute approximate surface area is 221 Å². The van der Waals surface area contributed by atoms with E-state index >= 15 is 0 Å². The van der Waals surface area contributed by atoms with E-state index in [-0.39, 0.29) is 16.5 Å². The molecule has 0 bridgehead atoms. The quantitative estimate of drug-likeness (QED) is 0.220. The topological polar surface area (TPSA) is 135 Å². The fourth-order valence-electron chi connectivity index (χ4n) is 3.34. The number of amidine groups is 2. The number of hydrogen-bond acceptors (Lipinski definition) is 4. The molecule has 0 spiro atoms. The molecule has 0 saturated heterocycles. The molecule has 192 valence electrons. The van der Waals surface area contributed by atoms with Crippen LogP contribution in [-0.4, -0.2) is 36.6 Å². The summed E-state index contributed by atoms with van der Waals surface area (Å²) in [5.74, 6) is 0.168. The van der Waals surface area contributed by atoms with Gasteiger partial charge in [0.1, 0.15) is 11.7 Å². The Balaban J connectivity index is 1.64. The van der Waals surface area contributed by atoms with Gasteiger partial charge >= 0.3 is 0 Å². The molecule has 0 aliphatic rings. The lowest BCUT2D eigenvalue weighted by atomic mass is 10.1. The first kappa shape index (κ1) is 27.4. The van der Waals surface area contributed by atoms with Gasteiger partial charge in [-0.3, -0.25) is 19.6 Å². The van der Waals surface area contributed by atoms with Crippen molar-refractivity contribution in [1.29, 1.82) is 0 Å². The summed E-state index contributed by atoms with van der Waals surface area (Å²) in [5.41, 5.74) is 15.2. The number of nitrogens with two attached hydrogens (primary N) is 2. The van der Waals surface area contributed by atoms with Crippen LogP contribution in [0.25, 0.3) is 0 Å². The van der Waals surface area contributed by atoms with Gasteiger partial charge in [-0.1, -0.05) is 25.4 Å². The van der Waals surface area contributed by atoms with Crippen molar-refractivity contribution in [3.8, 4) is 0 Å². The highest BCUT2D eigenvalue weighted by Crippen LogP contribution is 2.21. The van der Waals surface area contributed by atoms with Gasteiger partial charge in [0.2, 0.25) is 0 Å². The average molecular weight is 519 g/mol. The molecular weight excluding hydrogens is 488 g/mol. The molecule has 0 aliphatic heterocycles. The maximum atomic E-state index is 12.8. The molecular formula is C28H31ClN6O2. The predicted molar refractivity (Wildman–Crippen MR) is 152 cm³/mol. The number of benzene rings is 3. The Morgan fingerprint density at radius 2 is 1.14 bits per heavy atom. The SMILES string of the molecule is CCCN=C(N)c1ccc(NC(=O)c2ccc(C(=O)Nc3ccc(C(N)=NCCC)cc3)c(Cl)c2)cc1. The molecule has 0 unspecified atom stereocenters. The molecule has 0 heterocycles. The summed E-state index contributed by atoms with van der Waals surface area (Å²) in [6, 6.07) is 18.7. The lowest BCUT2D eigenvalue weighted by molar-refractivity contribution is 0.101. The summed E-state index contributed by atoms with van der Waals surface area (Å²) >= 11 is 6.35. The molecule has 2 amide bonds. The summed E-state index contributed by atoms with van der Waals surface area (Å²) in [7, 11) is 0. The average Bonchev–Trinajstić information content (AvgIpc) is 2.91. The summed E-state index contributed by atoms with van der Waals surface area (Å²) < 4.78 is 0. The lowest BCUT2D eigenvalue weighted by Crippen LogP contribution is -2.16. The third-order valence-corrected chi connectivity index (χ3v) is 5.68. The summed E-state index contributed by atoms with van der Waals surface area (Å²) in [5, 5.41) is 5.77. The van der Waals surface area contributed by atoms with Crippen LogP contribution >= 0.6 is 11.6 Å². The van der Waals surface area contributed by atoms with Crippen LogP contribution < -0.4 is 22.1 Å². The highest BCUT2D eigenvalue weighted by molar-refractivity contribution is 6.35. The molecule has 6 N–H and O–H groups in total. The van der Waals surface area contributed by atoms with E-state index < -0.39 is 5.91 Å². The molecule has 3 aromatic carbocycles. The van der Waals surface area contributed by atoms with Crippen LogP contribution in [0.2, 0.25) is 5.02 Å². The van der Waals surface area contributed by atoms with Gasteiger partial charge in [-0.05, 0) is 79.6 Å². The van der Waals surface area contributed by atoms with E-state index in [2.05, 4.69) is 20.6 Å². The largest absolute Gasteiger partial charge is 0.384 e. The van der Waals surface area contributed by atoms with Crippen molar-refractivity contribution in [1.82, 2.24) is 0 Å². The second kappa shape index (κ2) is 13.2. The van der Waals surface area contributed by atoms with Crippen LogP contribution in [0.3, 0.4) is 0 Å². The van der Waals surface area contributed by atoms with Gasteiger partial charge in [-0.25, -0.2) is 0 Å². The number of aliphatic imine (C=N–C) groups is 2. The first-order chi connectivity index (χ1) is 17.8. The molecule has 0 fully saturated rings. The maximum absolute atomic E-state index is 12.8. The van der Waals surface area contributed by atoms with Crippen molar-refractivity contribution in [2.75, 3.05) is 23.7 Å². The van der Waals surface area contributed by atoms with E-state index in [4.69, 9.17) is 23.1 Å². The number of nitrogens with one attached hydrogen (secondary N) is 2. The van der Waals surface area contributed by atoms with Crippen molar-refractivity contribution in [3.05, 3.63) is 94.0 Å². The molecule has 0 aliphatic carbocycles. The van der Waals surface area contributed by atoms with Gasteiger partial charge in [0.15, 0.2) is 0 Å². The van der Waals surface area contributed by atoms with Gasteiger partial charge in [0.05, 0.1) is 10.6 Å². The number of halogens is 1. The Morgan fingerprint density at radius 3 is 1.57 bits per heavy atom. The van der Waals surface area contributed by atoms with Crippen LogP contribution in [0, 0.1) is 0 Å². The minimum atomic E-state index is -0.393. The van der Waals surface area contributed by atoms with Gasteiger partial charge in [0.25, 0.3) is 11.8 Å². The Hall–Kier alpha value is -4.17. The molecule has 9 heteroatoms. The maximum Gasteiger partial charge on any atom is 0.257 e. The molecule has 37 heavy (non-hydrogen) atoms. The van der Waals surface area contributed by atoms with Crippen molar-refractivity contribution in [2.24, 2.45) is 21.5 Å². The van der Waals surface area contributed by atoms with E-state index in [9.17, 15) is 9.59 Å². The summed E-state index contributed by atoms with van der Waals surface area (Å²) in [6.45, 7) is 5.38. The lowest BCUT2D eigenvalue weighted by Gasteiger charge is -2.10. The van der Waals surface area contributed by atoms with Crippen LogP contribution in [0.5, 0.6) is 0 Å². The smallest absolute Gasteiger partial charge is 0.257 e. The van der Waals surface area contributed by atoms with Gasteiger partial charge < -0.3 is 22.1 Å². The summed E-state index contributed by atoms with van der Waals surface area (Å²) in [4.78, 5) is 34.0. The number of rotatable bonds is 10. The van der Waals surface area contributed by atoms with Crippen molar-refractivity contribution in [2.45, 2.75) is 26.7 Å². The van der Waals surface area contributed by atoms with Crippen LogP contribution in [0.15, 0.2) is 76.7 Å². The molecule has 0 atom stereocenters. The Bertz CT molecular complexity index is 1300. The zero-order valence-corrected chi connectivity index (χ0v) is 21.7. The Kier molecular flexibility index (Phi) is 9.80. The predicted octanol–water partition coefficient (Wildman–Crippen LogP) is 5.08. The molecule has 0 radical (unpaired) electrons. The number of nitrogens with zero attached hydrogens (tertiary/aromatic N) is 2. The van der Waals surface area contributed by atoms with Crippen LogP contribution in [0.4, 0.5) is 11.4 Å².